The van der Waals surface area contributed by atoms with Gasteiger partial charge in [0.05, 0.1) is 6.04 Å². The zero-order chi connectivity index (χ0) is 15.2. The highest BCUT2D eigenvalue weighted by atomic mass is 32.2. The quantitative estimate of drug-likeness (QED) is 0.617. The lowest BCUT2D eigenvalue weighted by molar-refractivity contribution is 0.0595. The molecule has 1 aromatic rings. The largest absolute Gasteiger partial charge is 0.609 e. The Labute approximate surface area is 119 Å². The summed E-state index contributed by atoms with van der Waals surface area (Å²) >= 11 is -1.52. The second-order valence-electron chi connectivity index (χ2n) is 5.12. The predicted octanol–water partition coefficient (Wildman–Crippen LogP) is 0.112. The van der Waals surface area contributed by atoms with Crippen LogP contribution in [0.15, 0.2) is 9.95 Å². The van der Waals surface area contributed by atoms with Crippen LogP contribution in [0, 0.1) is 0 Å². The van der Waals surface area contributed by atoms with E-state index in [4.69, 9.17) is 0 Å². The molecule has 1 aromatic heterocycles. The van der Waals surface area contributed by atoms with Crippen LogP contribution in [0.3, 0.4) is 0 Å². The summed E-state index contributed by atoms with van der Waals surface area (Å²) < 4.78 is 13.1. The first-order chi connectivity index (χ1) is 9.25. The fourth-order valence-corrected chi connectivity index (χ4v) is 3.11. The van der Waals surface area contributed by atoms with Gasteiger partial charge in [0.25, 0.3) is 5.91 Å². The van der Waals surface area contributed by atoms with Crippen molar-refractivity contribution in [3.8, 4) is 5.75 Å². The minimum absolute atomic E-state index is 0.0204. The Balaban J connectivity index is 2.75. The van der Waals surface area contributed by atoms with Gasteiger partial charge in [-0.1, -0.05) is 0 Å². The predicted molar refractivity (Wildman–Crippen MR) is 73.4 cm³/mol. The molecule has 0 saturated carbocycles. The van der Waals surface area contributed by atoms with Gasteiger partial charge in [-0.25, -0.2) is 0 Å². The Morgan fingerprint density at radius 1 is 1.45 bits per heavy atom. The maximum Gasteiger partial charge on any atom is 0.327 e. The Hall–Kier alpha value is -1.54. The highest BCUT2D eigenvalue weighted by Crippen LogP contribution is 2.28. The second-order valence-corrected chi connectivity index (χ2v) is 6.39. The van der Waals surface area contributed by atoms with Crippen molar-refractivity contribution in [2.24, 2.45) is 0 Å². The molecule has 2 rings (SSSR count). The molecule has 0 spiro atoms. The fraction of sp³-hybridized carbons (Fsp3) is 0.583. The van der Waals surface area contributed by atoms with Crippen molar-refractivity contribution in [3.63, 3.8) is 0 Å². The molecule has 0 saturated heterocycles. The van der Waals surface area contributed by atoms with Gasteiger partial charge in [-0.3, -0.25) is 14.2 Å². The lowest BCUT2D eigenvalue weighted by Crippen LogP contribution is -2.48. The number of rotatable bonds is 2. The van der Waals surface area contributed by atoms with Gasteiger partial charge in [0.1, 0.15) is 6.26 Å². The number of hydrogen-bond donors (Lipinski definition) is 1. The number of nitrogens with zero attached hydrogens (tertiary/aromatic N) is 3. The van der Waals surface area contributed by atoms with Gasteiger partial charge in [-0.15, -0.1) is 4.98 Å². The molecule has 0 bridgehead atoms. The van der Waals surface area contributed by atoms with Crippen LogP contribution >= 0.6 is 0 Å². The average molecular weight is 299 g/mol. The molecule has 0 aromatic carbocycles. The van der Waals surface area contributed by atoms with Crippen molar-refractivity contribution >= 4 is 17.1 Å². The van der Waals surface area contributed by atoms with E-state index in [9.17, 15) is 19.2 Å². The van der Waals surface area contributed by atoms with Gasteiger partial charge in [0.15, 0.2) is 5.69 Å². The average Bonchev–Trinajstić information content (AvgIpc) is 2.35. The first-order valence-electron chi connectivity index (χ1n) is 6.25. The third kappa shape index (κ3) is 2.18. The van der Waals surface area contributed by atoms with Crippen LogP contribution in [0.5, 0.6) is 5.75 Å². The summed E-state index contributed by atoms with van der Waals surface area (Å²) in [5, 5.41) is 9.92. The van der Waals surface area contributed by atoms with Gasteiger partial charge in [0, 0.05) is 23.8 Å². The van der Waals surface area contributed by atoms with Gasteiger partial charge < -0.3 is 14.6 Å². The van der Waals surface area contributed by atoms with Gasteiger partial charge >= 0.3 is 10.7 Å². The summed E-state index contributed by atoms with van der Waals surface area (Å²) in [6, 6.07) is -0.278. The molecule has 1 unspecified atom stereocenters. The maximum atomic E-state index is 12.4. The Kier molecular flexibility index (Phi) is 3.79. The van der Waals surface area contributed by atoms with Gasteiger partial charge in [-0.05, 0) is 20.8 Å². The topological polar surface area (TPSA) is 98.5 Å². The number of fused-ring (bicyclic) bond motifs is 1. The molecule has 20 heavy (non-hydrogen) atoms. The summed E-state index contributed by atoms with van der Waals surface area (Å²) in [7, 11) is 0. The highest BCUT2D eigenvalue weighted by molar-refractivity contribution is 7.90. The molecule has 1 aliphatic rings. The summed E-state index contributed by atoms with van der Waals surface area (Å²) in [6.45, 7) is 5.95. The third-order valence-electron chi connectivity index (χ3n) is 3.32. The van der Waals surface area contributed by atoms with E-state index in [1.165, 1.54) is 10.8 Å². The molecule has 1 N–H and O–H groups in total. The van der Waals surface area contributed by atoms with Crippen LogP contribution in [0.2, 0.25) is 0 Å². The van der Waals surface area contributed by atoms with E-state index in [-0.39, 0.29) is 22.9 Å². The first-order valence-corrected chi connectivity index (χ1v) is 7.81. The number of carbonyl (C=O) groups excluding carboxylic acids is 1. The number of aromatic hydroxyl groups is 1. The molecule has 0 fully saturated rings. The molecule has 110 valence electrons. The normalized spacial score (nSPS) is 20.2. The standard InChI is InChI=1S/C12H17N3O4S/c1-6(2)14-5-7(3)15-8(11(14)18)9(16)10(17)13-12(15)20(4)19/h6-7,16H,5H2,1-4H3/t7-,20?/m0/s1. The van der Waals surface area contributed by atoms with E-state index < -0.39 is 28.4 Å². The lowest BCUT2D eigenvalue weighted by Gasteiger charge is -2.37. The lowest BCUT2D eigenvalue weighted by atomic mass is 10.1. The SMILES string of the molecule is CC(C)N1C[C@H](C)n2c([S+](C)[O-])nc(=O)c(O)c2C1=O. The zero-order valence-electron chi connectivity index (χ0n) is 11.8. The van der Waals surface area contributed by atoms with E-state index in [0.717, 1.165) is 0 Å². The minimum atomic E-state index is -1.52. The van der Waals surface area contributed by atoms with E-state index in [1.807, 2.05) is 20.8 Å². The Bertz CT molecular complexity index is 611. The van der Waals surface area contributed by atoms with Gasteiger partial charge in [-0.2, -0.15) is 0 Å². The molecule has 0 aliphatic carbocycles. The summed E-state index contributed by atoms with van der Waals surface area (Å²) in [5.41, 5.74) is -1.05. The van der Waals surface area contributed by atoms with Crippen LogP contribution in [0.4, 0.5) is 0 Å². The molecule has 1 aliphatic heterocycles. The van der Waals surface area contributed by atoms with Gasteiger partial charge in [0.2, 0.25) is 5.75 Å². The molecular formula is C12H17N3O4S. The summed E-state index contributed by atoms with van der Waals surface area (Å²) in [4.78, 5) is 29.3. The molecule has 8 heteroatoms. The zero-order valence-corrected chi connectivity index (χ0v) is 12.6. The smallest absolute Gasteiger partial charge is 0.327 e. The van der Waals surface area contributed by atoms with E-state index >= 15 is 0 Å². The Morgan fingerprint density at radius 3 is 2.55 bits per heavy atom. The first kappa shape index (κ1) is 14.9. The summed E-state index contributed by atoms with van der Waals surface area (Å²) in [6.07, 6.45) is 1.39. The molecule has 1 amide bonds. The van der Waals surface area contributed by atoms with E-state index in [1.54, 1.807) is 4.90 Å². The van der Waals surface area contributed by atoms with Crippen molar-refractivity contribution in [2.75, 3.05) is 12.8 Å². The van der Waals surface area contributed by atoms with Crippen LogP contribution in [-0.4, -0.2) is 48.9 Å². The van der Waals surface area contributed by atoms with Crippen molar-refractivity contribution in [3.05, 3.63) is 16.0 Å². The molecule has 0 radical (unpaired) electrons. The van der Waals surface area contributed by atoms with Crippen LogP contribution in [0.1, 0.15) is 37.3 Å². The number of hydrogen-bond acceptors (Lipinski definition) is 5. The maximum absolute atomic E-state index is 12.4. The van der Waals surface area contributed by atoms with Crippen molar-refractivity contribution in [1.82, 2.24) is 14.5 Å². The number of amides is 1. The number of carbonyl (C=O) groups is 1. The highest BCUT2D eigenvalue weighted by Gasteiger charge is 2.37. The van der Waals surface area contributed by atoms with Crippen molar-refractivity contribution in [2.45, 2.75) is 38.0 Å². The number of aromatic nitrogens is 2. The molecular weight excluding hydrogens is 282 g/mol. The van der Waals surface area contributed by atoms with Crippen molar-refractivity contribution < 1.29 is 14.5 Å². The van der Waals surface area contributed by atoms with E-state index in [2.05, 4.69) is 4.98 Å². The fourth-order valence-electron chi connectivity index (χ4n) is 2.35. The van der Waals surface area contributed by atoms with E-state index in [0.29, 0.717) is 6.54 Å². The summed E-state index contributed by atoms with van der Waals surface area (Å²) in [5.74, 6) is -1.12. The monoisotopic (exact) mass is 299 g/mol. The van der Waals surface area contributed by atoms with Crippen LogP contribution in [-0.2, 0) is 11.2 Å². The van der Waals surface area contributed by atoms with Crippen LogP contribution in [0.25, 0.3) is 0 Å². The second kappa shape index (κ2) is 5.10. The molecule has 7 nitrogen and oxygen atoms in total. The van der Waals surface area contributed by atoms with Crippen LogP contribution < -0.4 is 5.56 Å². The van der Waals surface area contributed by atoms with Crippen molar-refractivity contribution in [1.29, 1.82) is 0 Å². The Morgan fingerprint density at radius 2 is 2.05 bits per heavy atom. The minimum Gasteiger partial charge on any atom is -0.609 e. The molecule has 2 heterocycles. The molecule has 2 atom stereocenters. The third-order valence-corrected chi connectivity index (χ3v) is 4.12.